The summed E-state index contributed by atoms with van der Waals surface area (Å²) in [5.74, 6) is 0.963. The number of carbonyl (C=O) groups is 1. The molecule has 24 heavy (non-hydrogen) atoms. The lowest BCUT2D eigenvalue weighted by Gasteiger charge is -2.23. The lowest BCUT2D eigenvalue weighted by molar-refractivity contribution is -0.128. The number of rotatable bonds is 5. The zero-order valence-electron chi connectivity index (χ0n) is 14.0. The number of anilines is 1. The molecule has 2 fully saturated rings. The van der Waals surface area contributed by atoms with Gasteiger partial charge in [-0.3, -0.25) is 4.79 Å². The minimum absolute atomic E-state index is 0. The predicted octanol–water partition coefficient (Wildman–Crippen LogP) is 3.60. The standard InChI is InChI=1S/C18H26N2O2S.ClH/c21-18(17-12-19-9-10-22-17)20-15-6-4-5-14(11-15)13-23-16-7-2-1-3-8-16;/h4-6,11,16-17,19H,1-3,7-10,12-13H2,(H,20,21);1H. The minimum Gasteiger partial charge on any atom is -0.366 e. The first-order valence-electron chi connectivity index (χ1n) is 8.65. The minimum atomic E-state index is -0.385. The van der Waals surface area contributed by atoms with E-state index in [0.29, 0.717) is 13.2 Å². The van der Waals surface area contributed by atoms with Crippen LogP contribution in [0.5, 0.6) is 0 Å². The summed E-state index contributed by atoms with van der Waals surface area (Å²) in [6.45, 7) is 2.00. The molecule has 1 atom stereocenters. The van der Waals surface area contributed by atoms with Gasteiger partial charge in [-0.05, 0) is 30.5 Å². The highest BCUT2D eigenvalue weighted by Gasteiger charge is 2.21. The average Bonchev–Trinajstić information content (AvgIpc) is 2.62. The molecule has 1 aliphatic heterocycles. The summed E-state index contributed by atoms with van der Waals surface area (Å²) in [6, 6.07) is 8.20. The van der Waals surface area contributed by atoms with Gasteiger partial charge in [-0.15, -0.1) is 12.4 Å². The van der Waals surface area contributed by atoms with Crippen LogP contribution in [0.25, 0.3) is 0 Å². The van der Waals surface area contributed by atoms with Crippen LogP contribution in [0.3, 0.4) is 0 Å². The van der Waals surface area contributed by atoms with Gasteiger partial charge in [-0.1, -0.05) is 31.4 Å². The van der Waals surface area contributed by atoms with Gasteiger partial charge >= 0.3 is 0 Å². The number of nitrogens with one attached hydrogen (secondary N) is 2. The SMILES string of the molecule is Cl.O=C(Nc1cccc(CSC2CCCCC2)c1)C1CNCCO1. The number of ether oxygens (including phenoxy) is 1. The van der Waals surface area contributed by atoms with Crippen molar-refractivity contribution in [2.24, 2.45) is 0 Å². The summed E-state index contributed by atoms with van der Waals surface area (Å²) >= 11 is 2.06. The molecule has 2 aliphatic rings. The highest BCUT2D eigenvalue weighted by molar-refractivity contribution is 7.99. The molecule has 4 nitrogen and oxygen atoms in total. The van der Waals surface area contributed by atoms with E-state index in [2.05, 4.69) is 34.5 Å². The van der Waals surface area contributed by atoms with E-state index in [1.807, 2.05) is 12.1 Å². The normalized spacial score (nSPS) is 21.8. The fraction of sp³-hybridized carbons (Fsp3) is 0.611. The Kier molecular flexibility index (Phi) is 8.39. The van der Waals surface area contributed by atoms with Crippen LogP contribution >= 0.6 is 24.2 Å². The third-order valence-corrected chi connectivity index (χ3v) is 5.90. The summed E-state index contributed by atoms with van der Waals surface area (Å²) in [5.41, 5.74) is 2.15. The summed E-state index contributed by atoms with van der Waals surface area (Å²) in [6.07, 6.45) is 6.48. The Labute approximate surface area is 154 Å². The van der Waals surface area contributed by atoms with E-state index in [1.165, 1.54) is 37.7 Å². The number of halogens is 1. The third kappa shape index (κ3) is 5.96. The van der Waals surface area contributed by atoms with Gasteiger partial charge in [0.15, 0.2) is 0 Å². The monoisotopic (exact) mass is 370 g/mol. The van der Waals surface area contributed by atoms with E-state index < -0.39 is 0 Å². The van der Waals surface area contributed by atoms with Crippen LogP contribution in [0.4, 0.5) is 5.69 Å². The highest BCUT2D eigenvalue weighted by Crippen LogP contribution is 2.30. The molecular weight excluding hydrogens is 344 g/mol. The molecule has 1 unspecified atom stereocenters. The van der Waals surface area contributed by atoms with Crippen molar-refractivity contribution >= 4 is 35.8 Å². The second-order valence-electron chi connectivity index (χ2n) is 6.32. The molecular formula is C18H27ClN2O2S. The highest BCUT2D eigenvalue weighted by atomic mass is 35.5. The van der Waals surface area contributed by atoms with Crippen LogP contribution in [0.15, 0.2) is 24.3 Å². The molecule has 2 N–H and O–H groups in total. The Hall–Kier alpha value is -0.750. The Morgan fingerprint density at radius 2 is 2.12 bits per heavy atom. The Morgan fingerprint density at radius 1 is 1.29 bits per heavy atom. The molecule has 1 saturated carbocycles. The average molecular weight is 371 g/mol. The van der Waals surface area contributed by atoms with E-state index in [9.17, 15) is 4.79 Å². The van der Waals surface area contributed by atoms with Crippen molar-refractivity contribution < 1.29 is 9.53 Å². The largest absolute Gasteiger partial charge is 0.366 e. The zero-order chi connectivity index (χ0) is 15.9. The molecule has 0 bridgehead atoms. The number of thioether (sulfide) groups is 1. The fourth-order valence-corrected chi connectivity index (χ4v) is 4.42. The van der Waals surface area contributed by atoms with E-state index in [4.69, 9.17) is 4.74 Å². The molecule has 1 heterocycles. The predicted molar refractivity (Wildman–Crippen MR) is 103 cm³/mol. The fourth-order valence-electron chi connectivity index (χ4n) is 3.14. The van der Waals surface area contributed by atoms with Crippen LogP contribution in [0.1, 0.15) is 37.7 Å². The smallest absolute Gasteiger partial charge is 0.254 e. The third-order valence-electron chi connectivity index (χ3n) is 4.45. The number of hydrogen-bond donors (Lipinski definition) is 2. The lowest BCUT2D eigenvalue weighted by Crippen LogP contribution is -2.45. The maximum absolute atomic E-state index is 12.2. The van der Waals surface area contributed by atoms with Crippen molar-refractivity contribution in [3.05, 3.63) is 29.8 Å². The first-order chi connectivity index (χ1) is 11.3. The van der Waals surface area contributed by atoms with Crippen LogP contribution in [0, 0.1) is 0 Å². The van der Waals surface area contributed by atoms with E-state index in [-0.39, 0.29) is 24.4 Å². The van der Waals surface area contributed by atoms with Gasteiger partial charge in [-0.2, -0.15) is 11.8 Å². The van der Waals surface area contributed by atoms with Crippen molar-refractivity contribution in [2.75, 3.05) is 25.0 Å². The quantitative estimate of drug-likeness (QED) is 0.831. The summed E-state index contributed by atoms with van der Waals surface area (Å²) < 4.78 is 5.49. The molecule has 134 valence electrons. The van der Waals surface area contributed by atoms with Crippen LogP contribution in [-0.2, 0) is 15.3 Å². The Balaban J connectivity index is 0.00000208. The van der Waals surface area contributed by atoms with Crippen molar-refractivity contribution in [1.82, 2.24) is 5.32 Å². The molecule has 1 amide bonds. The van der Waals surface area contributed by atoms with Gasteiger partial charge in [0.1, 0.15) is 6.10 Å². The molecule has 0 spiro atoms. The first-order valence-corrected chi connectivity index (χ1v) is 9.70. The Morgan fingerprint density at radius 3 is 2.88 bits per heavy atom. The molecule has 0 radical (unpaired) electrons. The van der Waals surface area contributed by atoms with Gasteiger partial charge in [0, 0.05) is 29.8 Å². The molecule has 3 rings (SSSR count). The summed E-state index contributed by atoms with van der Waals surface area (Å²) in [4.78, 5) is 12.2. The van der Waals surface area contributed by atoms with E-state index in [0.717, 1.165) is 23.2 Å². The molecule has 1 aromatic rings. The number of amides is 1. The second-order valence-corrected chi connectivity index (χ2v) is 7.61. The maximum atomic E-state index is 12.2. The topological polar surface area (TPSA) is 50.4 Å². The van der Waals surface area contributed by atoms with Crippen molar-refractivity contribution in [1.29, 1.82) is 0 Å². The van der Waals surface area contributed by atoms with Gasteiger partial charge in [0.25, 0.3) is 5.91 Å². The molecule has 0 aromatic heterocycles. The summed E-state index contributed by atoms with van der Waals surface area (Å²) in [5, 5.41) is 6.97. The van der Waals surface area contributed by atoms with Gasteiger partial charge < -0.3 is 15.4 Å². The van der Waals surface area contributed by atoms with Crippen molar-refractivity contribution in [2.45, 2.75) is 49.2 Å². The van der Waals surface area contributed by atoms with Gasteiger partial charge in [-0.25, -0.2) is 0 Å². The molecule has 1 aromatic carbocycles. The number of hydrogen-bond acceptors (Lipinski definition) is 4. The number of benzene rings is 1. The zero-order valence-corrected chi connectivity index (χ0v) is 15.6. The first kappa shape index (κ1) is 19.6. The molecule has 6 heteroatoms. The van der Waals surface area contributed by atoms with Gasteiger partial charge in [0.2, 0.25) is 0 Å². The number of morpholine rings is 1. The number of carbonyl (C=O) groups excluding carboxylic acids is 1. The van der Waals surface area contributed by atoms with Crippen molar-refractivity contribution in [3.8, 4) is 0 Å². The van der Waals surface area contributed by atoms with Gasteiger partial charge in [0.05, 0.1) is 6.61 Å². The van der Waals surface area contributed by atoms with Crippen molar-refractivity contribution in [3.63, 3.8) is 0 Å². The molecule has 1 aliphatic carbocycles. The van der Waals surface area contributed by atoms with Crippen LogP contribution < -0.4 is 10.6 Å². The van der Waals surface area contributed by atoms with Crippen LogP contribution in [0.2, 0.25) is 0 Å². The maximum Gasteiger partial charge on any atom is 0.254 e. The van der Waals surface area contributed by atoms with Crippen LogP contribution in [-0.4, -0.2) is 37.0 Å². The lowest BCUT2D eigenvalue weighted by atomic mass is 10.0. The Bertz CT molecular complexity index is 517. The summed E-state index contributed by atoms with van der Waals surface area (Å²) in [7, 11) is 0. The second kappa shape index (κ2) is 10.3. The van der Waals surface area contributed by atoms with E-state index in [1.54, 1.807) is 0 Å². The molecule has 1 saturated heterocycles. The van der Waals surface area contributed by atoms with E-state index >= 15 is 0 Å².